The lowest BCUT2D eigenvalue weighted by Gasteiger charge is -2.33. The van der Waals surface area contributed by atoms with Gasteiger partial charge in [0.1, 0.15) is 11.6 Å². The Kier molecular flexibility index (Phi) is 4.53. The molecular weight excluding hydrogens is 306 g/mol. The van der Waals surface area contributed by atoms with Gasteiger partial charge < -0.3 is 10.2 Å². The first-order valence-electron chi connectivity index (χ1n) is 8.20. The molecule has 0 amide bonds. The highest BCUT2D eigenvalue weighted by Crippen LogP contribution is 2.25. The first kappa shape index (κ1) is 16.2. The van der Waals surface area contributed by atoms with Crippen molar-refractivity contribution < 1.29 is 0 Å². The van der Waals surface area contributed by atoms with E-state index < -0.39 is 0 Å². The lowest BCUT2D eigenvalue weighted by molar-refractivity contribution is 0.521. The summed E-state index contributed by atoms with van der Waals surface area (Å²) >= 11 is 1.47. The van der Waals surface area contributed by atoms with Crippen LogP contribution >= 0.6 is 11.5 Å². The third-order valence-corrected chi connectivity index (χ3v) is 4.79. The van der Waals surface area contributed by atoms with Gasteiger partial charge in [-0.3, -0.25) is 0 Å². The number of nitrogens with zero attached hydrogens (tertiary/aromatic N) is 4. The number of nitrogens with one attached hydrogen (secondary N) is 1. The molecule has 3 rings (SSSR count). The Morgan fingerprint density at radius 1 is 1.22 bits per heavy atom. The first-order chi connectivity index (χ1) is 10.9. The molecule has 0 aromatic carbocycles. The molecule has 1 aliphatic rings. The molecular formula is C17H25N5S. The Hall–Kier alpha value is -1.69. The van der Waals surface area contributed by atoms with Crippen LogP contribution in [0.2, 0.25) is 0 Å². The Morgan fingerprint density at radius 2 is 1.96 bits per heavy atom. The number of hydrogen-bond acceptors (Lipinski definition) is 6. The average Bonchev–Trinajstić information content (AvgIpc) is 2.98. The summed E-state index contributed by atoms with van der Waals surface area (Å²) < 4.78 is 4.47. The molecule has 0 aliphatic carbocycles. The maximum atomic E-state index is 4.63. The largest absolute Gasteiger partial charge is 0.357 e. The van der Waals surface area contributed by atoms with Crippen LogP contribution in [0.1, 0.15) is 45.0 Å². The normalized spacial score (nSPS) is 16.6. The summed E-state index contributed by atoms with van der Waals surface area (Å²) in [5.74, 6) is 2.01. The predicted octanol–water partition coefficient (Wildman–Crippen LogP) is 3.62. The summed E-state index contributed by atoms with van der Waals surface area (Å²) in [6.45, 7) is 10.6. The van der Waals surface area contributed by atoms with Gasteiger partial charge in [-0.25, -0.2) is 9.97 Å². The monoisotopic (exact) mass is 331 g/mol. The molecule has 0 radical (unpaired) electrons. The second kappa shape index (κ2) is 6.43. The summed E-state index contributed by atoms with van der Waals surface area (Å²) in [5.41, 5.74) is 1.22. The van der Waals surface area contributed by atoms with Crippen LogP contribution in [0.15, 0.2) is 18.3 Å². The van der Waals surface area contributed by atoms with Gasteiger partial charge in [0.05, 0.1) is 0 Å². The predicted molar refractivity (Wildman–Crippen MR) is 96.4 cm³/mol. The van der Waals surface area contributed by atoms with Crippen molar-refractivity contribution >= 4 is 22.5 Å². The van der Waals surface area contributed by atoms with Crippen LogP contribution in [-0.4, -0.2) is 33.5 Å². The molecule has 0 atom stereocenters. The fourth-order valence-corrected chi connectivity index (χ4v) is 3.50. The molecule has 1 saturated heterocycles. The topological polar surface area (TPSA) is 53.9 Å². The van der Waals surface area contributed by atoms with Crippen molar-refractivity contribution in [2.24, 2.45) is 0 Å². The minimum absolute atomic E-state index is 0.0108. The second-order valence-electron chi connectivity index (χ2n) is 7.27. The van der Waals surface area contributed by atoms with Gasteiger partial charge in [0.25, 0.3) is 0 Å². The molecule has 1 N–H and O–H groups in total. The van der Waals surface area contributed by atoms with Gasteiger partial charge >= 0.3 is 0 Å². The summed E-state index contributed by atoms with van der Waals surface area (Å²) in [4.78, 5) is 11.5. The van der Waals surface area contributed by atoms with Crippen molar-refractivity contribution in [1.82, 2.24) is 14.3 Å². The molecule has 3 heterocycles. The lowest BCUT2D eigenvalue weighted by Crippen LogP contribution is -2.39. The maximum absolute atomic E-state index is 4.63. The van der Waals surface area contributed by atoms with Crippen molar-refractivity contribution in [3.63, 3.8) is 0 Å². The van der Waals surface area contributed by atoms with Crippen molar-refractivity contribution in [3.8, 4) is 0 Å². The summed E-state index contributed by atoms with van der Waals surface area (Å²) in [5, 5.41) is 4.50. The SMILES string of the molecule is Cc1ccc(N2CCC(Nc3nc(C(C)(C)C)ns3)CC2)nc1. The van der Waals surface area contributed by atoms with Gasteiger partial charge in [-0.15, -0.1) is 0 Å². The van der Waals surface area contributed by atoms with Crippen LogP contribution in [-0.2, 0) is 5.41 Å². The number of hydrogen-bond donors (Lipinski definition) is 1. The fraction of sp³-hybridized carbons (Fsp3) is 0.588. The van der Waals surface area contributed by atoms with Gasteiger partial charge in [0, 0.05) is 42.3 Å². The third-order valence-electron chi connectivity index (χ3n) is 4.14. The Bertz CT molecular complexity index is 636. The smallest absolute Gasteiger partial charge is 0.202 e. The van der Waals surface area contributed by atoms with Crippen LogP contribution in [0.3, 0.4) is 0 Å². The molecule has 2 aromatic rings. The van der Waals surface area contributed by atoms with E-state index in [1.807, 2.05) is 6.20 Å². The van der Waals surface area contributed by atoms with E-state index in [1.54, 1.807) is 0 Å². The molecule has 0 bridgehead atoms. The van der Waals surface area contributed by atoms with Crippen molar-refractivity contribution in [1.29, 1.82) is 0 Å². The standard InChI is InChI=1S/C17H25N5S/c1-12-5-6-14(18-11-12)22-9-7-13(8-10-22)19-16-20-15(21-23-16)17(2,3)4/h5-6,11,13H,7-10H2,1-4H3,(H,19,20,21). The van der Waals surface area contributed by atoms with E-state index in [0.717, 1.165) is 42.7 Å². The molecule has 0 saturated carbocycles. The number of pyridine rings is 1. The molecule has 0 spiro atoms. The first-order valence-corrected chi connectivity index (χ1v) is 8.97. The fourth-order valence-electron chi connectivity index (χ4n) is 2.66. The zero-order chi connectivity index (χ0) is 16.4. The molecule has 5 nitrogen and oxygen atoms in total. The second-order valence-corrected chi connectivity index (χ2v) is 8.02. The van der Waals surface area contributed by atoms with Crippen LogP contribution in [0, 0.1) is 6.92 Å². The van der Waals surface area contributed by atoms with E-state index in [9.17, 15) is 0 Å². The molecule has 23 heavy (non-hydrogen) atoms. The Labute approximate surface area is 142 Å². The lowest BCUT2D eigenvalue weighted by atomic mass is 9.96. The molecule has 1 aliphatic heterocycles. The minimum Gasteiger partial charge on any atom is -0.357 e. The Morgan fingerprint density at radius 3 is 2.52 bits per heavy atom. The van der Waals surface area contributed by atoms with Gasteiger partial charge in [-0.1, -0.05) is 26.8 Å². The quantitative estimate of drug-likeness (QED) is 0.931. The highest BCUT2D eigenvalue weighted by atomic mass is 32.1. The summed E-state index contributed by atoms with van der Waals surface area (Å²) in [6.07, 6.45) is 4.13. The number of rotatable bonds is 3. The van der Waals surface area contributed by atoms with Crippen molar-refractivity contribution in [2.45, 2.75) is 52.0 Å². The Balaban J connectivity index is 1.55. The van der Waals surface area contributed by atoms with E-state index in [2.05, 4.69) is 64.4 Å². The van der Waals surface area contributed by atoms with Crippen molar-refractivity contribution in [2.75, 3.05) is 23.3 Å². The average molecular weight is 331 g/mol. The van der Waals surface area contributed by atoms with E-state index in [0.29, 0.717) is 6.04 Å². The van der Waals surface area contributed by atoms with Crippen LogP contribution < -0.4 is 10.2 Å². The molecule has 124 valence electrons. The van der Waals surface area contributed by atoms with Gasteiger partial charge in [-0.05, 0) is 31.4 Å². The zero-order valence-electron chi connectivity index (χ0n) is 14.3. The number of aromatic nitrogens is 3. The molecule has 0 unspecified atom stereocenters. The minimum atomic E-state index is 0.0108. The number of anilines is 2. The third kappa shape index (κ3) is 3.99. The summed E-state index contributed by atoms with van der Waals surface area (Å²) in [6, 6.07) is 4.71. The van der Waals surface area contributed by atoms with Crippen LogP contribution in [0.25, 0.3) is 0 Å². The van der Waals surface area contributed by atoms with Gasteiger partial charge in [-0.2, -0.15) is 4.37 Å². The number of piperidine rings is 1. The van der Waals surface area contributed by atoms with Crippen LogP contribution in [0.4, 0.5) is 10.9 Å². The van der Waals surface area contributed by atoms with Crippen LogP contribution in [0.5, 0.6) is 0 Å². The highest BCUT2D eigenvalue weighted by molar-refractivity contribution is 7.09. The van der Waals surface area contributed by atoms with Crippen molar-refractivity contribution in [3.05, 3.63) is 29.7 Å². The molecule has 2 aromatic heterocycles. The maximum Gasteiger partial charge on any atom is 0.202 e. The van der Waals surface area contributed by atoms with Gasteiger partial charge in [0.2, 0.25) is 5.13 Å². The highest BCUT2D eigenvalue weighted by Gasteiger charge is 2.23. The zero-order valence-corrected chi connectivity index (χ0v) is 15.2. The van der Waals surface area contributed by atoms with E-state index in [4.69, 9.17) is 0 Å². The molecule has 1 fully saturated rings. The van der Waals surface area contributed by atoms with E-state index in [1.165, 1.54) is 17.1 Å². The van der Waals surface area contributed by atoms with E-state index in [-0.39, 0.29) is 5.41 Å². The summed E-state index contributed by atoms with van der Waals surface area (Å²) in [7, 11) is 0. The molecule has 6 heteroatoms. The van der Waals surface area contributed by atoms with Gasteiger partial charge in [0.15, 0.2) is 0 Å². The van der Waals surface area contributed by atoms with E-state index >= 15 is 0 Å². The number of aryl methyl sites for hydroxylation is 1.